The number of thiophene rings is 1. The van der Waals surface area contributed by atoms with Crippen molar-refractivity contribution in [2.75, 3.05) is 7.05 Å². The number of nitrogens with zero attached hydrogens (tertiary/aromatic N) is 1. The Bertz CT molecular complexity index is 464. The summed E-state index contributed by atoms with van der Waals surface area (Å²) in [7, 11) is 1.90. The van der Waals surface area contributed by atoms with Crippen molar-refractivity contribution in [2.45, 2.75) is 34.2 Å². The van der Waals surface area contributed by atoms with Gasteiger partial charge in [0.2, 0.25) is 5.91 Å². The van der Waals surface area contributed by atoms with Crippen LogP contribution in [-0.2, 0) is 11.3 Å². The third-order valence-electron chi connectivity index (χ3n) is 4.69. The maximum atomic E-state index is 12.5. The van der Waals surface area contributed by atoms with Crippen molar-refractivity contribution < 1.29 is 4.79 Å². The number of halogens is 1. The van der Waals surface area contributed by atoms with Crippen molar-refractivity contribution in [1.82, 2.24) is 4.90 Å². The van der Waals surface area contributed by atoms with E-state index in [-0.39, 0.29) is 22.7 Å². The Morgan fingerprint density at radius 2 is 1.94 bits per heavy atom. The van der Waals surface area contributed by atoms with E-state index >= 15 is 0 Å². The van der Waals surface area contributed by atoms with Gasteiger partial charge in [0.05, 0.1) is 3.79 Å². The van der Waals surface area contributed by atoms with E-state index in [4.69, 9.17) is 0 Å². The summed E-state index contributed by atoms with van der Waals surface area (Å²) in [5, 5.41) is 2.09. The van der Waals surface area contributed by atoms with Crippen LogP contribution in [0.3, 0.4) is 0 Å². The zero-order valence-electron chi connectivity index (χ0n) is 11.6. The SMILES string of the molecule is CN(Cc1csc(Br)c1)C(=O)C1C(C)(C)C1(C)C. The molecule has 1 aliphatic carbocycles. The highest BCUT2D eigenvalue weighted by atomic mass is 79.9. The van der Waals surface area contributed by atoms with E-state index in [1.54, 1.807) is 11.3 Å². The largest absolute Gasteiger partial charge is 0.341 e. The molecule has 0 saturated heterocycles. The fraction of sp³-hybridized carbons (Fsp3) is 0.643. The Balaban J connectivity index is 2.03. The first-order valence-electron chi connectivity index (χ1n) is 6.16. The van der Waals surface area contributed by atoms with Gasteiger partial charge in [0.25, 0.3) is 0 Å². The highest BCUT2D eigenvalue weighted by Gasteiger charge is 2.68. The molecule has 0 atom stereocenters. The number of rotatable bonds is 3. The van der Waals surface area contributed by atoms with Crippen LogP contribution >= 0.6 is 27.3 Å². The van der Waals surface area contributed by atoms with Crippen LogP contribution in [0.4, 0.5) is 0 Å². The van der Waals surface area contributed by atoms with Crippen LogP contribution < -0.4 is 0 Å². The second-order valence-corrected chi connectivity index (χ2v) is 8.62. The van der Waals surface area contributed by atoms with Crippen LogP contribution in [0.1, 0.15) is 33.3 Å². The average molecular weight is 330 g/mol. The summed E-state index contributed by atoms with van der Waals surface area (Å²) in [6, 6.07) is 2.08. The maximum Gasteiger partial charge on any atom is 0.226 e. The molecule has 1 aliphatic rings. The van der Waals surface area contributed by atoms with Crippen LogP contribution in [-0.4, -0.2) is 17.9 Å². The van der Waals surface area contributed by atoms with Crippen LogP contribution in [0.5, 0.6) is 0 Å². The summed E-state index contributed by atoms with van der Waals surface area (Å²) in [5.74, 6) is 0.421. The summed E-state index contributed by atoms with van der Waals surface area (Å²) in [4.78, 5) is 14.3. The lowest BCUT2D eigenvalue weighted by Gasteiger charge is -2.17. The van der Waals surface area contributed by atoms with E-state index in [0.29, 0.717) is 6.54 Å². The number of hydrogen-bond donors (Lipinski definition) is 0. The molecule has 0 aliphatic heterocycles. The second-order valence-electron chi connectivity index (χ2n) is 6.33. The number of carbonyl (C=O) groups is 1. The molecule has 0 radical (unpaired) electrons. The molecule has 1 saturated carbocycles. The maximum absolute atomic E-state index is 12.5. The molecule has 100 valence electrons. The molecule has 0 aromatic carbocycles. The van der Waals surface area contributed by atoms with E-state index in [9.17, 15) is 4.79 Å². The van der Waals surface area contributed by atoms with Crippen molar-refractivity contribution in [2.24, 2.45) is 16.7 Å². The molecule has 0 bridgehead atoms. The molecule has 0 unspecified atom stereocenters. The van der Waals surface area contributed by atoms with Crippen molar-refractivity contribution in [1.29, 1.82) is 0 Å². The summed E-state index contributed by atoms with van der Waals surface area (Å²) in [6.07, 6.45) is 0. The molecular weight excluding hydrogens is 310 g/mol. The van der Waals surface area contributed by atoms with Crippen LogP contribution in [0.2, 0.25) is 0 Å². The number of amides is 1. The van der Waals surface area contributed by atoms with E-state index < -0.39 is 0 Å². The first-order chi connectivity index (χ1) is 8.18. The minimum Gasteiger partial charge on any atom is -0.341 e. The van der Waals surface area contributed by atoms with E-state index in [1.165, 1.54) is 5.56 Å². The van der Waals surface area contributed by atoms with Gasteiger partial charge in [-0.2, -0.15) is 0 Å². The molecule has 1 amide bonds. The molecule has 1 fully saturated rings. The Hall–Kier alpha value is -0.350. The molecule has 2 nitrogen and oxygen atoms in total. The standard InChI is InChI=1S/C14H20BrNOS/c1-13(2)11(14(13,3)4)12(17)16(5)7-9-6-10(15)18-8-9/h6,8,11H,7H2,1-5H3. The van der Waals surface area contributed by atoms with Gasteiger partial charge in [0.1, 0.15) is 0 Å². The predicted octanol–water partition coefficient (Wildman–Crippen LogP) is 4.15. The Morgan fingerprint density at radius 1 is 1.39 bits per heavy atom. The molecule has 1 aromatic heterocycles. The van der Waals surface area contributed by atoms with Crippen molar-refractivity contribution in [3.05, 3.63) is 20.8 Å². The predicted molar refractivity (Wildman–Crippen MR) is 79.5 cm³/mol. The monoisotopic (exact) mass is 329 g/mol. The first kappa shape index (κ1) is 14.1. The normalized spacial score (nSPS) is 20.8. The zero-order chi connectivity index (χ0) is 13.7. The molecular formula is C14H20BrNOS. The van der Waals surface area contributed by atoms with E-state index in [0.717, 1.165) is 3.79 Å². The fourth-order valence-corrected chi connectivity index (χ4v) is 4.01. The molecule has 0 N–H and O–H groups in total. The third kappa shape index (κ3) is 2.14. The van der Waals surface area contributed by atoms with Crippen LogP contribution in [0.25, 0.3) is 0 Å². The Kier molecular flexibility index (Phi) is 3.39. The number of carbonyl (C=O) groups excluding carboxylic acids is 1. The molecule has 2 rings (SSSR count). The van der Waals surface area contributed by atoms with Gasteiger partial charge in [0.15, 0.2) is 0 Å². The van der Waals surface area contributed by atoms with E-state index in [2.05, 4.69) is 55.1 Å². The first-order valence-corrected chi connectivity index (χ1v) is 7.83. The smallest absolute Gasteiger partial charge is 0.226 e. The lowest BCUT2D eigenvalue weighted by molar-refractivity contribution is -0.133. The van der Waals surface area contributed by atoms with Gasteiger partial charge >= 0.3 is 0 Å². The van der Waals surface area contributed by atoms with Crippen molar-refractivity contribution in [3.63, 3.8) is 0 Å². The minimum absolute atomic E-state index is 0.119. The topological polar surface area (TPSA) is 20.3 Å². The van der Waals surface area contributed by atoms with Gasteiger partial charge in [-0.25, -0.2) is 0 Å². The summed E-state index contributed by atoms with van der Waals surface area (Å²) >= 11 is 5.11. The summed E-state index contributed by atoms with van der Waals surface area (Å²) < 4.78 is 1.12. The van der Waals surface area contributed by atoms with Crippen molar-refractivity contribution in [3.8, 4) is 0 Å². The zero-order valence-corrected chi connectivity index (χ0v) is 14.0. The Morgan fingerprint density at radius 3 is 2.33 bits per heavy atom. The Labute approximate surface area is 122 Å². The van der Waals surface area contributed by atoms with E-state index in [1.807, 2.05) is 11.9 Å². The van der Waals surface area contributed by atoms with Gasteiger partial charge < -0.3 is 4.90 Å². The highest BCUT2D eigenvalue weighted by Crippen LogP contribution is 2.68. The van der Waals surface area contributed by atoms with Crippen LogP contribution in [0.15, 0.2) is 15.2 Å². The molecule has 18 heavy (non-hydrogen) atoms. The highest BCUT2D eigenvalue weighted by molar-refractivity contribution is 9.11. The second kappa shape index (κ2) is 4.34. The third-order valence-corrected chi connectivity index (χ3v) is 6.24. The summed E-state index contributed by atoms with van der Waals surface area (Å²) in [5.41, 5.74) is 1.43. The lowest BCUT2D eigenvalue weighted by Crippen LogP contribution is -2.29. The van der Waals surface area contributed by atoms with Gasteiger partial charge in [-0.3, -0.25) is 4.79 Å². The minimum atomic E-state index is 0.119. The lowest BCUT2D eigenvalue weighted by atomic mass is 10.0. The quantitative estimate of drug-likeness (QED) is 0.815. The molecule has 0 spiro atoms. The van der Waals surface area contributed by atoms with Gasteiger partial charge in [0, 0.05) is 19.5 Å². The average Bonchev–Trinajstić information content (AvgIpc) is 2.57. The van der Waals surface area contributed by atoms with Crippen LogP contribution in [0, 0.1) is 16.7 Å². The van der Waals surface area contributed by atoms with Gasteiger partial charge in [-0.05, 0) is 43.8 Å². The fourth-order valence-electron chi connectivity index (χ4n) is 2.81. The van der Waals surface area contributed by atoms with Crippen molar-refractivity contribution >= 4 is 33.2 Å². The van der Waals surface area contributed by atoms with Gasteiger partial charge in [-0.1, -0.05) is 27.7 Å². The summed E-state index contributed by atoms with van der Waals surface area (Å²) in [6.45, 7) is 9.44. The molecule has 1 aromatic rings. The number of hydrogen-bond acceptors (Lipinski definition) is 2. The molecule has 1 heterocycles. The van der Waals surface area contributed by atoms with Gasteiger partial charge in [-0.15, -0.1) is 11.3 Å². The molecule has 4 heteroatoms.